The van der Waals surface area contributed by atoms with E-state index in [0.29, 0.717) is 6.42 Å². The van der Waals surface area contributed by atoms with Gasteiger partial charge in [0.25, 0.3) is 0 Å². The summed E-state index contributed by atoms with van der Waals surface area (Å²) < 4.78 is 19.8. The van der Waals surface area contributed by atoms with Crippen LogP contribution in [-0.2, 0) is 10.7 Å². The minimum absolute atomic E-state index is 0.288. The van der Waals surface area contributed by atoms with Crippen LogP contribution in [0.15, 0.2) is 0 Å². The molecule has 1 unspecified atom stereocenters. The Labute approximate surface area is 53.1 Å². The Bertz CT molecular complexity index is 106. The molecule has 0 saturated carbocycles. The topological polar surface area (TPSA) is 46.2 Å². The summed E-state index contributed by atoms with van der Waals surface area (Å²) in [5.41, 5.74) is 0. The highest BCUT2D eigenvalue weighted by Gasteiger charge is 1.84. The lowest BCUT2D eigenvalue weighted by atomic mass is 10.5. The zero-order chi connectivity index (χ0) is 6.41. The van der Waals surface area contributed by atoms with Gasteiger partial charge in [0.15, 0.2) is 0 Å². The maximum Gasteiger partial charge on any atom is 0.140 e. The summed E-state index contributed by atoms with van der Waals surface area (Å²) in [5, 5.41) is 2.77. The van der Waals surface area contributed by atoms with Crippen molar-refractivity contribution in [3.8, 4) is 0 Å². The Morgan fingerprint density at radius 1 is 1.50 bits per heavy atom. The van der Waals surface area contributed by atoms with Gasteiger partial charge in [-0.2, -0.15) is 0 Å². The first-order chi connectivity index (χ1) is 3.77. The quantitative estimate of drug-likeness (QED) is 0.323. The monoisotopic (exact) mass is 155 g/mol. The van der Waals surface area contributed by atoms with E-state index in [-0.39, 0.29) is 5.75 Å². The third-order valence-electron chi connectivity index (χ3n) is 0.662. The first-order valence-corrected chi connectivity index (χ1v) is 4.26. The Balaban J connectivity index is 2.94. The predicted octanol–water partition coefficient (Wildman–Crippen LogP) is -0.632. The molecule has 0 aliphatic heterocycles. The molecule has 0 saturated heterocycles. The van der Waals surface area contributed by atoms with Crippen molar-refractivity contribution in [2.24, 2.45) is 0 Å². The van der Waals surface area contributed by atoms with Gasteiger partial charge in [-0.3, -0.25) is 0 Å². The number of hydrogen-bond donors (Lipinski definition) is 2. The van der Waals surface area contributed by atoms with Gasteiger partial charge < -0.3 is 5.09 Å². The summed E-state index contributed by atoms with van der Waals surface area (Å²) in [6.45, 7) is 0.744. The van der Waals surface area contributed by atoms with Crippen molar-refractivity contribution in [1.82, 2.24) is 5.09 Å². The molecule has 0 amide bonds. The van der Waals surface area contributed by atoms with Gasteiger partial charge in [0, 0.05) is 5.75 Å². The summed E-state index contributed by atoms with van der Waals surface area (Å²) in [6.07, 6.45) is 0.697. The van der Waals surface area contributed by atoms with E-state index in [4.69, 9.17) is 0 Å². The highest BCUT2D eigenvalue weighted by atomic mass is 32.2. The smallest absolute Gasteiger partial charge is 0.140 e. The first kappa shape index (κ1) is 8.34. The lowest BCUT2D eigenvalue weighted by Crippen LogP contribution is -2.02. The Hall–Kier alpha value is 0.340. The second kappa shape index (κ2) is 5.48. The van der Waals surface area contributed by atoms with Crippen molar-refractivity contribution in [3.63, 3.8) is 0 Å². The van der Waals surface area contributed by atoms with Crippen LogP contribution in [-0.4, -0.2) is 20.7 Å². The van der Waals surface area contributed by atoms with E-state index in [9.17, 15) is 8.42 Å². The van der Waals surface area contributed by atoms with E-state index in [1.807, 2.05) is 0 Å². The molecule has 0 bridgehead atoms. The minimum atomic E-state index is -2.16. The van der Waals surface area contributed by atoms with Gasteiger partial charge in [-0.1, -0.05) is 9.39 Å². The third-order valence-corrected chi connectivity index (χ3v) is 1.63. The minimum Gasteiger partial charge on any atom is -0.301 e. The van der Waals surface area contributed by atoms with Gasteiger partial charge in [0.1, 0.15) is 10.7 Å². The third kappa shape index (κ3) is 6.34. The number of nitrogens with one attached hydrogen (secondary N) is 1. The molecule has 0 radical (unpaired) electrons. The van der Waals surface area contributed by atoms with Crippen LogP contribution in [0.5, 0.6) is 0 Å². The molecule has 0 heterocycles. The molecule has 8 heavy (non-hydrogen) atoms. The number of hydrogen-bond acceptors (Lipinski definition) is 3. The average molecular weight is 155 g/mol. The molecule has 3 nitrogen and oxygen atoms in total. The number of rotatable bonds is 4. The zero-order valence-electron chi connectivity index (χ0n) is 4.46. The van der Waals surface area contributed by atoms with Crippen molar-refractivity contribution in [1.29, 1.82) is 0 Å². The van der Waals surface area contributed by atoms with Crippen molar-refractivity contribution in [2.75, 3.05) is 12.3 Å². The fraction of sp³-hybridized carbons (Fsp3) is 1.00. The van der Waals surface area contributed by atoms with Crippen LogP contribution in [0.4, 0.5) is 0 Å². The molecule has 0 fully saturated rings. The summed E-state index contributed by atoms with van der Waals surface area (Å²) in [5.74, 6) is 0.288. The molecule has 0 spiro atoms. The van der Waals surface area contributed by atoms with Gasteiger partial charge >= 0.3 is 0 Å². The van der Waals surface area contributed by atoms with Crippen LogP contribution in [0, 0.1) is 0 Å². The van der Waals surface area contributed by atoms with Crippen LogP contribution in [0.2, 0.25) is 0 Å². The molecule has 0 aliphatic rings. The molecule has 0 aromatic heterocycles. The summed E-state index contributed by atoms with van der Waals surface area (Å²) >= 11 is 0. The zero-order valence-corrected chi connectivity index (χ0v) is 6.51. The lowest BCUT2D eigenvalue weighted by Gasteiger charge is -1.89. The molecule has 0 rings (SSSR count). The van der Waals surface area contributed by atoms with Crippen LogP contribution in [0.25, 0.3) is 0 Å². The Morgan fingerprint density at radius 2 is 2.12 bits per heavy atom. The van der Waals surface area contributed by atoms with Gasteiger partial charge in [-0.15, -0.1) is 0 Å². The summed E-state index contributed by atoms with van der Waals surface area (Å²) in [4.78, 5) is 0. The largest absolute Gasteiger partial charge is 0.301 e. The van der Waals surface area contributed by atoms with Crippen LogP contribution >= 0.6 is 9.39 Å². The van der Waals surface area contributed by atoms with Crippen LogP contribution < -0.4 is 5.09 Å². The van der Waals surface area contributed by atoms with E-state index in [2.05, 4.69) is 14.5 Å². The van der Waals surface area contributed by atoms with Crippen molar-refractivity contribution < 1.29 is 8.42 Å². The normalized spacial score (nSPS) is 10.2. The van der Waals surface area contributed by atoms with Gasteiger partial charge in [-0.25, -0.2) is 8.42 Å². The first-order valence-electron chi connectivity index (χ1n) is 2.32. The van der Waals surface area contributed by atoms with Crippen LogP contribution in [0.1, 0.15) is 6.42 Å². The van der Waals surface area contributed by atoms with E-state index in [1.54, 1.807) is 0 Å². The fourth-order valence-corrected chi connectivity index (χ4v) is 0.931. The maximum absolute atomic E-state index is 9.88. The number of thiol groups is 1. The van der Waals surface area contributed by atoms with Crippen molar-refractivity contribution >= 4 is 20.1 Å². The molecular weight excluding hydrogens is 145 g/mol. The summed E-state index contributed by atoms with van der Waals surface area (Å²) in [6, 6.07) is 0. The van der Waals surface area contributed by atoms with Gasteiger partial charge in [-0.05, 0) is 13.0 Å². The summed E-state index contributed by atoms with van der Waals surface area (Å²) in [7, 11) is 0.153. The average Bonchev–Trinajstić information content (AvgIpc) is 1.66. The maximum atomic E-state index is 9.88. The molecule has 0 aromatic carbocycles. The van der Waals surface area contributed by atoms with Gasteiger partial charge in [0.2, 0.25) is 0 Å². The highest BCUT2D eigenvalue weighted by molar-refractivity contribution is 7.72. The van der Waals surface area contributed by atoms with Gasteiger partial charge in [0.05, 0.1) is 0 Å². The lowest BCUT2D eigenvalue weighted by molar-refractivity contribution is 0.612. The fourth-order valence-electron chi connectivity index (χ4n) is 0.310. The van der Waals surface area contributed by atoms with E-state index in [0.717, 1.165) is 6.54 Å². The molecule has 1 N–H and O–H groups in total. The second-order valence-electron chi connectivity index (χ2n) is 1.36. The Kier molecular flexibility index (Phi) is 5.71. The second-order valence-corrected chi connectivity index (χ2v) is 2.88. The standard InChI is InChI=1S/C3H10NO2PS/c5-8(6)3-1-2-4-7/h4,8H,1-3,7H2. The van der Waals surface area contributed by atoms with E-state index >= 15 is 0 Å². The Morgan fingerprint density at radius 3 is 2.50 bits per heavy atom. The van der Waals surface area contributed by atoms with E-state index in [1.165, 1.54) is 0 Å². The molecule has 0 aliphatic carbocycles. The van der Waals surface area contributed by atoms with Crippen molar-refractivity contribution in [3.05, 3.63) is 0 Å². The molecule has 50 valence electrons. The molecule has 1 atom stereocenters. The van der Waals surface area contributed by atoms with Crippen LogP contribution in [0.3, 0.4) is 0 Å². The highest BCUT2D eigenvalue weighted by Crippen LogP contribution is 1.78. The van der Waals surface area contributed by atoms with Crippen molar-refractivity contribution in [2.45, 2.75) is 6.42 Å². The predicted molar refractivity (Wildman–Crippen MR) is 37.5 cm³/mol. The van der Waals surface area contributed by atoms with E-state index < -0.39 is 10.7 Å². The SMILES string of the molecule is O=[SH](=O)CCCNP. The molecule has 5 heteroatoms. The molecule has 0 aromatic rings. The molecular formula is C3H10NO2PS.